The van der Waals surface area contributed by atoms with E-state index in [0.717, 1.165) is 15.8 Å². The van der Waals surface area contributed by atoms with E-state index in [0.29, 0.717) is 10.7 Å². The van der Waals surface area contributed by atoms with Gasteiger partial charge in [-0.1, -0.05) is 53.8 Å². The number of hydrogen-bond acceptors (Lipinski definition) is 5. The number of carbonyl (C=O) groups excluding carboxylic acids is 1. The molecule has 1 amide bonds. The van der Waals surface area contributed by atoms with Crippen LogP contribution in [0.4, 0.5) is 5.13 Å². The molecule has 1 N–H and O–H groups in total. The third-order valence-electron chi connectivity index (χ3n) is 4.02. The summed E-state index contributed by atoms with van der Waals surface area (Å²) in [6, 6.07) is 17.7. The fraction of sp³-hybridized carbons (Fsp3) is 0.158. The average molecular weight is 350 g/mol. The van der Waals surface area contributed by atoms with Crippen molar-refractivity contribution in [3.05, 3.63) is 71.9 Å². The van der Waals surface area contributed by atoms with Crippen molar-refractivity contribution >= 4 is 32.6 Å². The summed E-state index contributed by atoms with van der Waals surface area (Å²) >= 11 is 1.51. The molecule has 0 bridgehead atoms. The SMILES string of the molecule is CN(C)/C=C1\C(=O)N(c2nc3ccccc3s2)N[C@H]1c1ccccc1. The maximum atomic E-state index is 13.0. The first-order chi connectivity index (χ1) is 12.1. The van der Waals surface area contributed by atoms with Crippen LogP contribution in [0.5, 0.6) is 0 Å². The molecule has 6 heteroatoms. The van der Waals surface area contributed by atoms with Crippen LogP contribution in [0.1, 0.15) is 11.6 Å². The van der Waals surface area contributed by atoms with Crippen LogP contribution in [-0.4, -0.2) is 29.9 Å². The molecule has 0 aliphatic carbocycles. The molecular formula is C19H18N4OS. The van der Waals surface area contributed by atoms with Gasteiger partial charge >= 0.3 is 0 Å². The number of hydrogen-bond donors (Lipinski definition) is 1. The Morgan fingerprint density at radius 3 is 2.56 bits per heavy atom. The summed E-state index contributed by atoms with van der Waals surface area (Å²) in [5.74, 6) is -0.0680. The van der Waals surface area contributed by atoms with Gasteiger partial charge in [0.1, 0.15) is 0 Å². The number of hydrazine groups is 1. The number of nitrogens with zero attached hydrogens (tertiary/aromatic N) is 3. The Morgan fingerprint density at radius 1 is 1.12 bits per heavy atom. The van der Waals surface area contributed by atoms with Crippen molar-refractivity contribution in [1.82, 2.24) is 15.3 Å². The van der Waals surface area contributed by atoms with E-state index >= 15 is 0 Å². The first kappa shape index (κ1) is 15.8. The van der Waals surface area contributed by atoms with Gasteiger partial charge in [0.05, 0.1) is 21.8 Å². The molecule has 0 saturated carbocycles. The van der Waals surface area contributed by atoms with Gasteiger partial charge in [-0.15, -0.1) is 0 Å². The molecule has 0 spiro atoms. The van der Waals surface area contributed by atoms with Crippen molar-refractivity contribution in [1.29, 1.82) is 0 Å². The second kappa shape index (κ2) is 6.31. The molecule has 0 radical (unpaired) electrons. The Hall–Kier alpha value is -2.70. The number of amides is 1. The molecular weight excluding hydrogens is 332 g/mol. The van der Waals surface area contributed by atoms with E-state index in [1.54, 1.807) is 5.01 Å². The van der Waals surface area contributed by atoms with Crippen LogP contribution in [0.3, 0.4) is 0 Å². The molecule has 1 aromatic heterocycles. The Bertz CT molecular complexity index is 915. The molecule has 2 aromatic carbocycles. The molecule has 1 aliphatic heterocycles. The van der Waals surface area contributed by atoms with Crippen LogP contribution in [0.25, 0.3) is 10.2 Å². The Labute approximate surface area is 150 Å². The van der Waals surface area contributed by atoms with E-state index in [4.69, 9.17) is 0 Å². The monoisotopic (exact) mass is 350 g/mol. The molecule has 0 unspecified atom stereocenters. The number of benzene rings is 2. The van der Waals surface area contributed by atoms with Gasteiger partial charge < -0.3 is 4.90 Å². The summed E-state index contributed by atoms with van der Waals surface area (Å²) in [5, 5.41) is 2.23. The Balaban J connectivity index is 1.76. The molecule has 25 heavy (non-hydrogen) atoms. The predicted octanol–water partition coefficient (Wildman–Crippen LogP) is 3.33. The average Bonchev–Trinajstić information content (AvgIpc) is 3.17. The fourth-order valence-corrected chi connectivity index (χ4v) is 3.85. The fourth-order valence-electron chi connectivity index (χ4n) is 2.92. The number of nitrogens with one attached hydrogen (secondary N) is 1. The number of anilines is 1. The molecule has 2 heterocycles. The lowest BCUT2D eigenvalue weighted by atomic mass is 10.0. The zero-order valence-corrected chi connectivity index (χ0v) is 14.8. The first-order valence-corrected chi connectivity index (χ1v) is 8.84. The summed E-state index contributed by atoms with van der Waals surface area (Å²) in [6.07, 6.45) is 1.88. The molecule has 1 aliphatic rings. The summed E-state index contributed by atoms with van der Waals surface area (Å²) in [4.78, 5) is 19.5. The minimum Gasteiger partial charge on any atom is -0.383 e. The quantitative estimate of drug-likeness (QED) is 0.736. The van der Waals surface area contributed by atoms with Crippen molar-refractivity contribution in [2.75, 3.05) is 19.1 Å². The molecule has 1 fully saturated rings. The van der Waals surface area contributed by atoms with Gasteiger partial charge in [-0.05, 0) is 17.7 Å². The lowest BCUT2D eigenvalue weighted by molar-refractivity contribution is -0.114. The van der Waals surface area contributed by atoms with Crippen LogP contribution >= 0.6 is 11.3 Å². The number of rotatable bonds is 3. The van der Waals surface area contributed by atoms with Crippen LogP contribution in [-0.2, 0) is 4.79 Å². The van der Waals surface area contributed by atoms with Crippen LogP contribution in [0.2, 0.25) is 0 Å². The molecule has 4 rings (SSSR count). The summed E-state index contributed by atoms with van der Waals surface area (Å²) in [7, 11) is 3.84. The summed E-state index contributed by atoms with van der Waals surface area (Å²) in [5.41, 5.74) is 5.98. The van der Waals surface area contributed by atoms with Crippen LogP contribution in [0.15, 0.2) is 66.4 Å². The predicted molar refractivity (Wildman–Crippen MR) is 101 cm³/mol. The van der Waals surface area contributed by atoms with E-state index < -0.39 is 0 Å². The third kappa shape index (κ3) is 2.90. The number of fused-ring (bicyclic) bond motifs is 1. The number of aromatic nitrogens is 1. The van der Waals surface area contributed by atoms with E-state index in [1.165, 1.54) is 11.3 Å². The Kier molecular flexibility index (Phi) is 3.99. The van der Waals surface area contributed by atoms with Crippen molar-refractivity contribution in [3.8, 4) is 0 Å². The minimum atomic E-state index is -0.192. The second-order valence-electron chi connectivity index (χ2n) is 6.13. The van der Waals surface area contributed by atoms with Gasteiger partial charge in [0.15, 0.2) is 0 Å². The number of thiazole rings is 1. The molecule has 3 aromatic rings. The minimum absolute atomic E-state index is 0.0680. The zero-order chi connectivity index (χ0) is 17.4. The molecule has 1 saturated heterocycles. The van der Waals surface area contributed by atoms with Gasteiger partial charge in [0.25, 0.3) is 5.91 Å². The largest absolute Gasteiger partial charge is 0.383 e. The zero-order valence-electron chi connectivity index (χ0n) is 14.0. The maximum absolute atomic E-state index is 13.0. The van der Waals surface area contributed by atoms with Gasteiger partial charge in [0.2, 0.25) is 5.13 Å². The van der Waals surface area contributed by atoms with E-state index in [1.807, 2.05) is 79.8 Å². The number of carbonyl (C=O) groups is 1. The van der Waals surface area contributed by atoms with E-state index in [2.05, 4.69) is 10.4 Å². The normalized spacial score (nSPS) is 19.1. The van der Waals surface area contributed by atoms with Crippen molar-refractivity contribution in [2.24, 2.45) is 0 Å². The molecule has 5 nitrogen and oxygen atoms in total. The third-order valence-corrected chi connectivity index (χ3v) is 5.04. The van der Waals surface area contributed by atoms with Gasteiger partial charge in [-0.25, -0.2) is 15.4 Å². The van der Waals surface area contributed by atoms with Gasteiger partial charge in [-0.3, -0.25) is 4.79 Å². The molecule has 1 atom stereocenters. The summed E-state index contributed by atoms with van der Waals surface area (Å²) in [6.45, 7) is 0. The van der Waals surface area contributed by atoms with Crippen molar-refractivity contribution in [3.63, 3.8) is 0 Å². The van der Waals surface area contributed by atoms with E-state index in [9.17, 15) is 4.79 Å². The summed E-state index contributed by atoms with van der Waals surface area (Å²) < 4.78 is 1.06. The number of para-hydroxylation sites is 1. The van der Waals surface area contributed by atoms with Crippen molar-refractivity contribution < 1.29 is 4.79 Å². The highest BCUT2D eigenvalue weighted by Crippen LogP contribution is 2.35. The first-order valence-electron chi connectivity index (χ1n) is 8.03. The highest BCUT2D eigenvalue weighted by Gasteiger charge is 2.38. The Morgan fingerprint density at radius 2 is 1.84 bits per heavy atom. The lowest BCUT2D eigenvalue weighted by Gasteiger charge is -2.15. The lowest BCUT2D eigenvalue weighted by Crippen LogP contribution is -2.35. The topological polar surface area (TPSA) is 48.5 Å². The van der Waals surface area contributed by atoms with Gasteiger partial charge in [0, 0.05) is 20.3 Å². The smallest absolute Gasteiger partial charge is 0.274 e. The highest BCUT2D eigenvalue weighted by atomic mass is 32.1. The van der Waals surface area contributed by atoms with Crippen molar-refractivity contribution in [2.45, 2.75) is 6.04 Å². The van der Waals surface area contributed by atoms with Crippen LogP contribution in [0, 0.1) is 0 Å². The highest BCUT2D eigenvalue weighted by molar-refractivity contribution is 7.22. The standard InChI is InChI=1S/C19H18N4OS/c1-22(2)12-14-17(13-8-4-3-5-9-13)21-23(18(14)24)19-20-15-10-6-7-11-16(15)25-19/h3-12,17,21H,1-2H3/b14-12-/t17-/m0/s1. The van der Waals surface area contributed by atoms with Gasteiger partial charge in [-0.2, -0.15) is 0 Å². The van der Waals surface area contributed by atoms with Crippen LogP contribution < -0.4 is 10.4 Å². The second-order valence-corrected chi connectivity index (χ2v) is 7.13. The molecule has 126 valence electrons. The van der Waals surface area contributed by atoms with E-state index in [-0.39, 0.29) is 11.9 Å². The maximum Gasteiger partial charge on any atom is 0.274 e.